The molecule has 0 aromatic carbocycles. The van der Waals surface area contributed by atoms with Crippen LogP contribution in [0.5, 0.6) is 0 Å². The third kappa shape index (κ3) is 4.17. The molecule has 1 saturated carbocycles. The van der Waals surface area contributed by atoms with Gasteiger partial charge in [-0.15, -0.1) is 0 Å². The maximum absolute atomic E-state index is 11.9. The van der Waals surface area contributed by atoms with Crippen molar-refractivity contribution in [3.63, 3.8) is 0 Å². The first-order valence-electron chi connectivity index (χ1n) is 8.41. The molecule has 3 rings (SSSR count). The van der Waals surface area contributed by atoms with Crippen LogP contribution in [0.1, 0.15) is 26.0 Å². The van der Waals surface area contributed by atoms with Gasteiger partial charge in [0.2, 0.25) is 5.91 Å². The Balaban J connectivity index is 1.78. The minimum absolute atomic E-state index is 0.0408. The summed E-state index contributed by atoms with van der Waals surface area (Å²) in [6.07, 6.45) is 5.28. The summed E-state index contributed by atoms with van der Waals surface area (Å²) >= 11 is 0. The summed E-state index contributed by atoms with van der Waals surface area (Å²) in [7, 11) is 0. The highest BCUT2D eigenvalue weighted by Gasteiger charge is 2.39. The standard InChI is InChI=1S/C18H18N6O3/c1-9-3-12(9)17(25)24-16-8-21-15(7-22-16)11-4-13(14(5-19)20-6-11)23-10(2)18(26)27/h4,6-10,12,23H,3H2,1-2H3,(H,26,27)(H,22,24,25)/t9?,10-,12?/m0/s1. The molecule has 1 amide bonds. The molecule has 1 aliphatic rings. The number of aliphatic carboxylic acids is 1. The molecule has 138 valence electrons. The summed E-state index contributed by atoms with van der Waals surface area (Å²) in [5.74, 6) is -0.296. The maximum atomic E-state index is 11.9. The molecule has 1 fully saturated rings. The Hall–Kier alpha value is -3.54. The van der Waals surface area contributed by atoms with Crippen LogP contribution >= 0.6 is 0 Å². The molecule has 2 heterocycles. The number of rotatable bonds is 6. The first-order valence-corrected chi connectivity index (χ1v) is 8.41. The molecule has 27 heavy (non-hydrogen) atoms. The van der Waals surface area contributed by atoms with Gasteiger partial charge in [-0.05, 0) is 25.3 Å². The quantitative estimate of drug-likeness (QED) is 0.704. The SMILES string of the molecule is CC1CC1C(=O)Nc1cnc(-c2cnc(C#N)c(N[C@@H](C)C(=O)O)c2)cn1. The summed E-state index contributed by atoms with van der Waals surface area (Å²) in [5, 5.41) is 23.7. The lowest BCUT2D eigenvalue weighted by molar-refractivity contribution is -0.137. The Bertz CT molecular complexity index is 922. The average molecular weight is 366 g/mol. The van der Waals surface area contributed by atoms with E-state index < -0.39 is 12.0 Å². The van der Waals surface area contributed by atoms with Gasteiger partial charge in [0.25, 0.3) is 0 Å². The fourth-order valence-corrected chi connectivity index (χ4v) is 2.55. The van der Waals surface area contributed by atoms with Crippen LogP contribution in [-0.2, 0) is 9.59 Å². The Morgan fingerprint density at radius 1 is 1.30 bits per heavy atom. The van der Waals surface area contributed by atoms with Gasteiger partial charge >= 0.3 is 5.97 Å². The number of amides is 1. The molecule has 0 bridgehead atoms. The van der Waals surface area contributed by atoms with Crippen LogP contribution in [0.3, 0.4) is 0 Å². The molecule has 0 aliphatic heterocycles. The number of nitriles is 1. The number of carbonyl (C=O) groups is 2. The van der Waals surface area contributed by atoms with E-state index in [1.165, 1.54) is 25.5 Å². The maximum Gasteiger partial charge on any atom is 0.325 e. The highest BCUT2D eigenvalue weighted by Crippen LogP contribution is 2.38. The second-order valence-electron chi connectivity index (χ2n) is 6.53. The number of aromatic nitrogens is 3. The van der Waals surface area contributed by atoms with Crippen LogP contribution in [-0.4, -0.2) is 38.0 Å². The summed E-state index contributed by atoms with van der Waals surface area (Å²) in [4.78, 5) is 35.5. The van der Waals surface area contributed by atoms with Crippen LogP contribution in [0.25, 0.3) is 11.3 Å². The summed E-state index contributed by atoms with van der Waals surface area (Å²) in [6, 6.07) is 2.63. The normalized spacial score (nSPS) is 18.9. The molecule has 1 aliphatic carbocycles. The number of pyridine rings is 1. The largest absolute Gasteiger partial charge is 0.480 e. The molecule has 2 unspecified atom stereocenters. The van der Waals surface area contributed by atoms with E-state index in [4.69, 9.17) is 10.4 Å². The van der Waals surface area contributed by atoms with Gasteiger partial charge in [-0.3, -0.25) is 14.6 Å². The second-order valence-corrected chi connectivity index (χ2v) is 6.53. The van der Waals surface area contributed by atoms with Gasteiger partial charge in [-0.1, -0.05) is 6.92 Å². The van der Waals surface area contributed by atoms with Gasteiger partial charge in [-0.2, -0.15) is 5.26 Å². The van der Waals surface area contributed by atoms with Crippen LogP contribution < -0.4 is 10.6 Å². The van der Waals surface area contributed by atoms with Crippen molar-refractivity contribution >= 4 is 23.4 Å². The second kappa shape index (κ2) is 7.37. The Morgan fingerprint density at radius 3 is 2.59 bits per heavy atom. The third-order valence-electron chi connectivity index (χ3n) is 4.38. The van der Waals surface area contributed by atoms with E-state index in [2.05, 4.69) is 25.6 Å². The first kappa shape index (κ1) is 18.3. The molecule has 3 atom stereocenters. The van der Waals surface area contributed by atoms with Gasteiger partial charge in [0.05, 0.1) is 23.8 Å². The molecular formula is C18H18N6O3. The molecular weight excluding hydrogens is 348 g/mol. The van der Waals surface area contributed by atoms with Crippen molar-refractivity contribution in [2.24, 2.45) is 11.8 Å². The van der Waals surface area contributed by atoms with Gasteiger partial charge < -0.3 is 15.7 Å². The van der Waals surface area contributed by atoms with Gasteiger partial charge in [0, 0.05) is 17.7 Å². The van der Waals surface area contributed by atoms with Crippen LogP contribution in [0.4, 0.5) is 11.5 Å². The number of nitrogens with one attached hydrogen (secondary N) is 2. The number of hydrogen-bond donors (Lipinski definition) is 3. The molecule has 9 heteroatoms. The lowest BCUT2D eigenvalue weighted by Gasteiger charge is -2.13. The summed E-state index contributed by atoms with van der Waals surface area (Å²) < 4.78 is 0. The van der Waals surface area contributed by atoms with Crippen molar-refractivity contribution in [2.45, 2.75) is 26.3 Å². The fourth-order valence-electron chi connectivity index (χ4n) is 2.55. The predicted molar refractivity (Wildman–Crippen MR) is 96.6 cm³/mol. The summed E-state index contributed by atoms with van der Waals surface area (Å²) in [5.41, 5.74) is 1.43. The van der Waals surface area contributed by atoms with Crippen LogP contribution in [0.2, 0.25) is 0 Å². The topological polar surface area (TPSA) is 141 Å². The smallest absolute Gasteiger partial charge is 0.325 e. The van der Waals surface area contributed by atoms with Crippen molar-refractivity contribution in [1.82, 2.24) is 15.0 Å². The zero-order chi connectivity index (χ0) is 19.6. The Morgan fingerprint density at radius 2 is 2.04 bits per heavy atom. The predicted octanol–water partition coefficient (Wildman–Crippen LogP) is 1.89. The first-order chi connectivity index (χ1) is 12.9. The van der Waals surface area contributed by atoms with E-state index in [0.29, 0.717) is 28.7 Å². The highest BCUT2D eigenvalue weighted by molar-refractivity contribution is 5.93. The Kier molecular flexibility index (Phi) is 4.98. The van der Waals surface area contributed by atoms with Gasteiger partial charge in [0.15, 0.2) is 11.5 Å². The zero-order valence-electron chi connectivity index (χ0n) is 14.8. The van der Waals surface area contributed by atoms with Gasteiger partial charge in [0.1, 0.15) is 12.1 Å². The van der Waals surface area contributed by atoms with E-state index in [1.54, 1.807) is 6.07 Å². The van der Waals surface area contributed by atoms with E-state index >= 15 is 0 Å². The number of carboxylic acid groups (broad SMARTS) is 1. The minimum atomic E-state index is -1.05. The fraction of sp³-hybridized carbons (Fsp3) is 0.333. The van der Waals surface area contributed by atoms with Crippen molar-refractivity contribution in [1.29, 1.82) is 5.26 Å². The number of nitrogens with zero attached hydrogens (tertiary/aromatic N) is 4. The molecule has 0 saturated heterocycles. The molecule has 9 nitrogen and oxygen atoms in total. The third-order valence-corrected chi connectivity index (χ3v) is 4.38. The lowest BCUT2D eigenvalue weighted by Crippen LogP contribution is -2.26. The molecule has 2 aromatic heterocycles. The molecule has 0 spiro atoms. The average Bonchev–Trinajstić information content (AvgIpc) is 3.39. The van der Waals surface area contributed by atoms with Gasteiger partial charge in [-0.25, -0.2) is 9.97 Å². The highest BCUT2D eigenvalue weighted by atomic mass is 16.4. The van der Waals surface area contributed by atoms with E-state index in [9.17, 15) is 9.59 Å². The lowest BCUT2D eigenvalue weighted by atomic mass is 10.1. The van der Waals surface area contributed by atoms with E-state index in [1.807, 2.05) is 13.0 Å². The van der Waals surface area contributed by atoms with Crippen molar-refractivity contribution in [3.8, 4) is 17.3 Å². The summed E-state index contributed by atoms with van der Waals surface area (Å²) in [6.45, 7) is 3.49. The number of carboxylic acids is 1. The number of carbonyl (C=O) groups excluding carboxylic acids is 1. The van der Waals surface area contributed by atoms with Crippen molar-refractivity contribution < 1.29 is 14.7 Å². The molecule has 2 aromatic rings. The van der Waals surface area contributed by atoms with Crippen LogP contribution in [0.15, 0.2) is 24.7 Å². The number of anilines is 2. The van der Waals surface area contributed by atoms with Crippen molar-refractivity contribution in [3.05, 3.63) is 30.4 Å². The monoisotopic (exact) mass is 366 g/mol. The molecule has 3 N–H and O–H groups in total. The van der Waals surface area contributed by atoms with Crippen molar-refractivity contribution in [2.75, 3.05) is 10.6 Å². The van der Waals surface area contributed by atoms with E-state index in [0.717, 1.165) is 6.42 Å². The minimum Gasteiger partial charge on any atom is -0.480 e. The molecule has 0 radical (unpaired) electrons. The number of hydrogen-bond acceptors (Lipinski definition) is 7. The zero-order valence-corrected chi connectivity index (χ0v) is 14.8. The Labute approximate surface area is 155 Å². The van der Waals surface area contributed by atoms with Crippen LogP contribution in [0, 0.1) is 23.2 Å². The van der Waals surface area contributed by atoms with E-state index in [-0.39, 0.29) is 17.5 Å².